The number of hydrogen-bond donors (Lipinski definition) is 2. The molecular weight excluding hydrogens is 358 g/mol. The van der Waals surface area contributed by atoms with Gasteiger partial charge in [-0.25, -0.2) is 14.8 Å². The number of carbonyl (C=O) groups excluding carboxylic acids is 1. The number of carboxylic acid groups (broad SMARTS) is 1. The van der Waals surface area contributed by atoms with Gasteiger partial charge in [0.05, 0.1) is 5.56 Å². The number of fused-ring (bicyclic) bond motifs is 1. The Bertz CT molecular complexity index is 951. The van der Waals surface area contributed by atoms with Crippen LogP contribution in [0.3, 0.4) is 0 Å². The van der Waals surface area contributed by atoms with Crippen LogP contribution in [0.15, 0.2) is 40.7 Å². The molecule has 25 heavy (non-hydrogen) atoms. The number of benzene rings is 1. The van der Waals surface area contributed by atoms with Crippen LogP contribution in [0.5, 0.6) is 0 Å². The number of nitrogens with zero attached hydrogens (tertiary/aromatic N) is 3. The quantitative estimate of drug-likeness (QED) is 0.681. The second-order valence-corrected chi connectivity index (χ2v) is 7.35. The van der Waals surface area contributed by atoms with Gasteiger partial charge in [0.15, 0.2) is 0 Å². The number of thiol groups is 1. The maximum atomic E-state index is 12.9. The summed E-state index contributed by atoms with van der Waals surface area (Å²) in [5, 5.41) is 8.98. The molecule has 0 atom stereocenters. The number of thiazole rings is 1. The van der Waals surface area contributed by atoms with Gasteiger partial charge in [0.2, 0.25) is 0 Å². The highest BCUT2D eigenvalue weighted by molar-refractivity contribution is 7.82. The lowest BCUT2D eigenvalue weighted by atomic mass is 10.1. The van der Waals surface area contributed by atoms with E-state index in [1.54, 1.807) is 11.0 Å². The number of carbonyl (C=O) groups is 2. The average Bonchev–Trinajstić information content (AvgIpc) is 2.94. The Morgan fingerprint density at radius 3 is 2.32 bits per heavy atom. The van der Waals surface area contributed by atoms with Crippen molar-refractivity contribution < 1.29 is 14.7 Å². The molecule has 0 aliphatic heterocycles. The third-order valence-corrected chi connectivity index (χ3v) is 4.73. The molecule has 0 saturated carbocycles. The highest BCUT2D eigenvalue weighted by Gasteiger charge is 2.23. The Labute approximate surface area is 153 Å². The van der Waals surface area contributed by atoms with Crippen LogP contribution < -0.4 is 4.90 Å². The van der Waals surface area contributed by atoms with Crippen LogP contribution in [0.4, 0.5) is 5.82 Å². The summed E-state index contributed by atoms with van der Waals surface area (Å²) in [4.78, 5) is 34.9. The maximum Gasteiger partial charge on any atom is 0.335 e. The molecule has 0 bridgehead atoms. The molecule has 1 N–H and O–H groups in total. The third kappa shape index (κ3) is 3.49. The molecule has 0 radical (unpaired) electrons. The fourth-order valence-corrected chi connectivity index (χ4v) is 3.47. The molecule has 1 aromatic carbocycles. The summed E-state index contributed by atoms with van der Waals surface area (Å²) in [5.41, 5.74) is 1.28. The van der Waals surface area contributed by atoms with Gasteiger partial charge in [0.1, 0.15) is 20.5 Å². The number of rotatable bonds is 4. The zero-order chi connectivity index (χ0) is 18.1. The zero-order valence-electron chi connectivity index (χ0n) is 13.5. The van der Waals surface area contributed by atoms with Crippen LogP contribution in [0.1, 0.15) is 34.6 Å². The first-order valence-electron chi connectivity index (χ1n) is 7.50. The van der Waals surface area contributed by atoms with E-state index in [1.165, 1.54) is 35.6 Å². The first kappa shape index (κ1) is 17.4. The molecule has 6 nitrogen and oxygen atoms in total. The van der Waals surface area contributed by atoms with E-state index in [2.05, 4.69) is 22.6 Å². The second-order valence-electron chi connectivity index (χ2n) is 5.64. The van der Waals surface area contributed by atoms with Gasteiger partial charge in [0, 0.05) is 11.6 Å². The van der Waals surface area contributed by atoms with E-state index in [0.29, 0.717) is 20.6 Å². The highest BCUT2D eigenvalue weighted by atomic mass is 32.2. The van der Waals surface area contributed by atoms with Crippen LogP contribution >= 0.6 is 24.0 Å². The van der Waals surface area contributed by atoms with Crippen molar-refractivity contribution in [3.63, 3.8) is 0 Å². The summed E-state index contributed by atoms with van der Waals surface area (Å²) in [5.74, 6) is -0.749. The van der Waals surface area contributed by atoms with Gasteiger partial charge in [-0.3, -0.25) is 9.69 Å². The minimum atomic E-state index is -1.03. The molecule has 3 aromatic rings. The van der Waals surface area contributed by atoms with Crippen LogP contribution in [0, 0.1) is 0 Å². The van der Waals surface area contributed by atoms with E-state index in [9.17, 15) is 9.59 Å². The average molecular weight is 373 g/mol. The van der Waals surface area contributed by atoms with Crippen molar-refractivity contribution in [1.29, 1.82) is 0 Å². The summed E-state index contributed by atoms with van der Waals surface area (Å²) >= 11 is 5.58. The van der Waals surface area contributed by atoms with Crippen LogP contribution in [0.25, 0.3) is 10.3 Å². The minimum Gasteiger partial charge on any atom is -0.478 e. The number of hydrogen-bond acceptors (Lipinski definition) is 6. The summed E-state index contributed by atoms with van der Waals surface area (Å²) in [6, 6.07) is 9.29. The van der Waals surface area contributed by atoms with Crippen molar-refractivity contribution in [3.05, 3.63) is 47.5 Å². The smallest absolute Gasteiger partial charge is 0.335 e. The Morgan fingerprint density at radius 1 is 1.08 bits per heavy atom. The van der Waals surface area contributed by atoms with Gasteiger partial charge in [-0.2, -0.15) is 0 Å². The number of amides is 1. The first-order valence-corrected chi connectivity index (χ1v) is 8.76. The van der Waals surface area contributed by atoms with E-state index in [-0.39, 0.29) is 17.5 Å². The van der Waals surface area contributed by atoms with Crippen molar-refractivity contribution in [2.45, 2.75) is 24.2 Å². The summed E-state index contributed by atoms with van der Waals surface area (Å²) in [6.45, 7) is 3.79. The minimum absolute atomic E-state index is 0.125. The van der Waals surface area contributed by atoms with Crippen LogP contribution in [-0.2, 0) is 0 Å². The number of pyridine rings is 1. The molecule has 3 rings (SSSR count). The molecule has 2 aromatic heterocycles. The van der Waals surface area contributed by atoms with E-state index < -0.39 is 5.97 Å². The molecule has 0 fully saturated rings. The Kier molecular flexibility index (Phi) is 4.73. The Hall–Kier alpha value is -2.45. The molecule has 0 aliphatic carbocycles. The fourth-order valence-electron chi connectivity index (χ4n) is 2.43. The molecular formula is C17H15N3O3S2. The normalized spacial score (nSPS) is 11.0. The van der Waals surface area contributed by atoms with Crippen molar-refractivity contribution >= 4 is 52.0 Å². The van der Waals surface area contributed by atoms with Crippen molar-refractivity contribution in [2.75, 3.05) is 4.90 Å². The Balaban J connectivity index is 1.98. The predicted octanol–water partition coefficient (Wildman–Crippen LogP) is 3.73. The van der Waals surface area contributed by atoms with Crippen molar-refractivity contribution in [1.82, 2.24) is 9.97 Å². The number of anilines is 1. The summed E-state index contributed by atoms with van der Waals surface area (Å²) < 4.78 is 0.617. The molecule has 0 unspecified atom stereocenters. The van der Waals surface area contributed by atoms with Gasteiger partial charge >= 0.3 is 5.97 Å². The second kappa shape index (κ2) is 6.81. The van der Waals surface area contributed by atoms with Gasteiger partial charge in [-0.1, -0.05) is 11.3 Å². The topological polar surface area (TPSA) is 83.4 Å². The summed E-state index contributed by atoms with van der Waals surface area (Å²) in [7, 11) is 0. The van der Waals surface area contributed by atoms with Gasteiger partial charge in [-0.05, 0) is 50.2 Å². The van der Waals surface area contributed by atoms with E-state index >= 15 is 0 Å². The monoisotopic (exact) mass is 373 g/mol. The van der Waals surface area contributed by atoms with E-state index in [0.717, 1.165) is 5.52 Å². The molecule has 0 saturated heterocycles. The standard InChI is InChI=1S/C17H15N3O3S2/c1-9(2)20(13-8-7-12-14(19-13)25-17(24)18-12)15(21)10-3-5-11(6-4-10)16(22)23/h3-9H,1-2H3,(H,18,24)(H,22,23). The fraction of sp³-hybridized carbons (Fsp3) is 0.176. The summed E-state index contributed by atoms with van der Waals surface area (Å²) in [6.07, 6.45) is 0. The number of carboxylic acids is 1. The molecule has 0 spiro atoms. The highest BCUT2D eigenvalue weighted by Crippen LogP contribution is 2.27. The van der Waals surface area contributed by atoms with Crippen molar-refractivity contribution in [3.8, 4) is 0 Å². The lowest BCUT2D eigenvalue weighted by Gasteiger charge is -2.25. The largest absolute Gasteiger partial charge is 0.478 e. The maximum absolute atomic E-state index is 12.9. The zero-order valence-corrected chi connectivity index (χ0v) is 15.2. The molecule has 1 amide bonds. The van der Waals surface area contributed by atoms with Crippen LogP contribution in [0.2, 0.25) is 0 Å². The Morgan fingerprint density at radius 2 is 1.72 bits per heavy atom. The molecule has 128 valence electrons. The van der Waals surface area contributed by atoms with Gasteiger partial charge in [-0.15, -0.1) is 12.6 Å². The number of aromatic nitrogens is 2. The molecule has 0 aliphatic rings. The lowest BCUT2D eigenvalue weighted by molar-refractivity contribution is 0.0696. The third-order valence-electron chi connectivity index (χ3n) is 3.59. The predicted molar refractivity (Wildman–Crippen MR) is 100 cm³/mol. The van der Waals surface area contributed by atoms with E-state index in [1.807, 2.05) is 19.9 Å². The molecule has 8 heteroatoms. The van der Waals surface area contributed by atoms with Gasteiger partial charge in [0.25, 0.3) is 5.91 Å². The van der Waals surface area contributed by atoms with Crippen LogP contribution in [-0.4, -0.2) is 33.0 Å². The van der Waals surface area contributed by atoms with Crippen molar-refractivity contribution in [2.24, 2.45) is 0 Å². The van der Waals surface area contributed by atoms with Gasteiger partial charge < -0.3 is 5.11 Å². The first-order chi connectivity index (χ1) is 11.9. The van der Waals surface area contributed by atoms with E-state index in [4.69, 9.17) is 5.11 Å². The molecule has 2 heterocycles. The number of aromatic carboxylic acids is 1. The SMILES string of the molecule is CC(C)N(C(=O)c1ccc(C(=O)O)cc1)c1ccc2nc(S)sc2n1. The lowest BCUT2D eigenvalue weighted by Crippen LogP contribution is -2.37.